The van der Waals surface area contributed by atoms with Gasteiger partial charge in [0.2, 0.25) is 0 Å². The maximum absolute atomic E-state index is 12.9. The van der Waals surface area contributed by atoms with Gasteiger partial charge in [-0.2, -0.15) is 0 Å². The van der Waals surface area contributed by atoms with Gasteiger partial charge < -0.3 is 19.8 Å². The van der Waals surface area contributed by atoms with E-state index in [1.165, 1.54) is 0 Å². The van der Waals surface area contributed by atoms with Gasteiger partial charge in [-0.3, -0.25) is 4.79 Å². The van der Waals surface area contributed by atoms with Gasteiger partial charge in [0.25, 0.3) is 5.91 Å². The number of hydrogen-bond donors (Lipinski definition) is 2. The van der Waals surface area contributed by atoms with Gasteiger partial charge in [-0.25, -0.2) is 0 Å². The van der Waals surface area contributed by atoms with Crippen LogP contribution in [0, 0.1) is 0 Å². The van der Waals surface area contributed by atoms with Gasteiger partial charge in [0, 0.05) is 23.0 Å². The average Bonchev–Trinajstić information content (AvgIpc) is 3.06. The van der Waals surface area contributed by atoms with E-state index in [-0.39, 0.29) is 18.6 Å². The maximum Gasteiger partial charge on any atom is 0.287 e. The van der Waals surface area contributed by atoms with Gasteiger partial charge in [0.05, 0.1) is 0 Å². The molecule has 0 aliphatic carbocycles. The molecule has 1 fully saturated rings. The standard InChI is InChI=1S/C22H24N2O3/c1-15-13-16(11-12-23-15)24-22(25)21-19(14-26-17-7-3-2-4-8-17)18-9-5-6-10-20(18)27-21/h2-10,15-16,23H,11-14H2,1H3,(H,24,25). The molecule has 0 spiro atoms. The predicted octanol–water partition coefficient (Wildman–Crippen LogP) is 3.88. The summed E-state index contributed by atoms with van der Waals surface area (Å²) in [4.78, 5) is 12.9. The highest BCUT2D eigenvalue weighted by atomic mass is 16.5. The molecule has 0 radical (unpaired) electrons. The number of piperidine rings is 1. The molecule has 1 amide bonds. The Labute approximate surface area is 158 Å². The normalized spacial score (nSPS) is 19.7. The molecule has 1 aliphatic heterocycles. The zero-order chi connectivity index (χ0) is 18.6. The summed E-state index contributed by atoms with van der Waals surface area (Å²) in [5.41, 5.74) is 1.49. The third-order valence-electron chi connectivity index (χ3n) is 4.99. The van der Waals surface area contributed by atoms with E-state index >= 15 is 0 Å². The summed E-state index contributed by atoms with van der Waals surface area (Å²) < 4.78 is 11.8. The van der Waals surface area contributed by atoms with E-state index in [1.54, 1.807) is 0 Å². The number of para-hydroxylation sites is 2. The van der Waals surface area contributed by atoms with Crippen LogP contribution >= 0.6 is 0 Å². The summed E-state index contributed by atoms with van der Waals surface area (Å²) >= 11 is 0. The smallest absolute Gasteiger partial charge is 0.287 e. The first kappa shape index (κ1) is 17.6. The Morgan fingerprint density at radius 2 is 1.96 bits per heavy atom. The van der Waals surface area contributed by atoms with Gasteiger partial charge in [-0.05, 0) is 44.5 Å². The van der Waals surface area contributed by atoms with Crippen molar-refractivity contribution in [3.63, 3.8) is 0 Å². The Bertz CT molecular complexity index is 920. The van der Waals surface area contributed by atoms with Crippen LogP contribution in [0.2, 0.25) is 0 Å². The van der Waals surface area contributed by atoms with Crippen molar-refractivity contribution in [3.8, 4) is 5.75 Å². The Balaban J connectivity index is 1.58. The Morgan fingerprint density at radius 3 is 2.78 bits per heavy atom. The van der Waals surface area contributed by atoms with E-state index in [4.69, 9.17) is 9.15 Å². The van der Waals surface area contributed by atoms with Crippen molar-refractivity contribution in [1.29, 1.82) is 0 Å². The van der Waals surface area contributed by atoms with Gasteiger partial charge in [0.1, 0.15) is 17.9 Å². The number of carbonyl (C=O) groups excluding carboxylic acids is 1. The highest BCUT2D eigenvalue weighted by Crippen LogP contribution is 2.27. The van der Waals surface area contributed by atoms with Crippen molar-refractivity contribution >= 4 is 16.9 Å². The monoisotopic (exact) mass is 364 g/mol. The SMILES string of the molecule is CC1CC(NC(=O)c2oc3ccccc3c2COc2ccccc2)CCN1. The summed E-state index contributed by atoms with van der Waals surface area (Å²) in [6, 6.07) is 17.9. The van der Waals surface area contributed by atoms with Crippen LogP contribution in [0.25, 0.3) is 11.0 Å². The second-order valence-electron chi connectivity index (χ2n) is 7.06. The lowest BCUT2D eigenvalue weighted by atomic mass is 10.0. The number of rotatable bonds is 5. The Hall–Kier alpha value is -2.79. The molecule has 1 aromatic heterocycles. The Kier molecular flexibility index (Phi) is 5.12. The van der Waals surface area contributed by atoms with Crippen LogP contribution in [-0.4, -0.2) is 24.5 Å². The fourth-order valence-corrected chi connectivity index (χ4v) is 3.61. The molecule has 4 rings (SSSR count). The molecule has 0 saturated carbocycles. The molecule has 5 nitrogen and oxygen atoms in total. The van der Waals surface area contributed by atoms with Crippen LogP contribution in [0.5, 0.6) is 5.75 Å². The molecule has 5 heteroatoms. The number of ether oxygens (including phenoxy) is 1. The number of furan rings is 1. The molecule has 2 atom stereocenters. The zero-order valence-electron chi connectivity index (χ0n) is 15.4. The third-order valence-corrected chi connectivity index (χ3v) is 4.99. The predicted molar refractivity (Wildman–Crippen MR) is 105 cm³/mol. The van der Waals surface area contributed by atoms with Gasteiger partial charge in [0.15, 0.2) is 5.76 Å². The number of carbonyl (C=O) groups is 1. The summed E-state index contributed by atoms with van der Waals surface area (Å²) in [5, 5.41) is 7.45. The van der Waals surface area contributed by atoms with Crippen molar-refractivity contribution in [1.82, 2.24) is 10.6 Å². The molecule has 140 valence electrons. The fraction of sp³-hybridized carbons (Fsp3) is 0.318. The molecule has 2 N–H and O–H groups in total. The van der Waals surface area contributed by atoms with Crippen LogP contribution in [-0.2, 0) is 6.61 Å². The maximum atomic E-state index is 12.9. The molecular weight excluding hydrogens is 340 g/mol. The van der Waals surface area contributed by atoms with Gasteiger partial charge in [-0.15, -0.1) is 0 Å². The molecule has 2 aromatic carbocycles. The van der Waals surface area contributed by atoms with Crippen LogP contribution < -0.4 is 15.4 Å². The van der Waals surface area contributed by atoms with E-state index in [0.717, 1.165) is 36.1 Å². The lowest BCUT2D eigenvalue weighted by Gasteiger charge is -2.28. The lowest BCUT2D eigenvalue weighted by Crippen LogP contribution is -2.46. The minimum absolute atomic E-state index is 0.157. The third kappa shape index (κ3) is 3.98. The first-order valence-corrected chi connectivity index (χ1v) is 9.43. The van der Waals surface area contributed by atoms with E-state index < -0.39 is 0 Å². The first-order chi connectivity index (χ1) is 13.2. The highest BCUT2D eigenvalue weighted by Gasteiger charge is 2.25. The summed E-state index contributed by atoms with van der Waals surface area (Å²) in [5.74, 6) is 0.941. The lowest BCUT2D eigenvalue weighted by molar-refractivity contribution is 0.0896. The minimum Gasteiger partial charge on any atom is -0.489 e. The first-order valence-electron chi connectivity index (χ1n) is 9.43. The van der Waals surface area contributed by atoms with E-state index in [9.17, 15) is 4.79 Å². The number of nitrogens with one attached hydrogen (secondary N) is 2. The quantitative estimate of drug-likeness (QED) is 0.721. The second-order valence-corrected chi connectivity index (χ2v) is 7.06. The van der Waals surface area contributed by atoms with Crippen molar-refractivity contribution in [2.45, 2.75) is 38.5 Å². The zero-order valence-corrected chi connectivity index (χ0v) is 15.4. The van der Waals surface area contributed by atoms with Crippen LogP contribution in [0.4, 0.5) is 0 Å². The van der Waals surface area contributed by atoms with Crippen LogP contribution in [0.1, 0.15) is 35.9 Å². The van der Waals surface area contributed by atoms with E-state index in [2.05, 4.69) is 17.6 Å². The second kappa shape index (κ2) is 7.84. The van der Waals surface area contributed by atoms with Crippen molar-refractivity contribution in [2.24, 2.45) is 0 Å². The summed E-state index contributed by atoms with van der Waals surface area (Å²) in [6.07, 6.45) is 1.84. The average molecular weight is 364 g/mol. The summed E-state index contributed by atoms with van der Waals surface area (Å²) in [7, 11) is 0. The topological polar surface area (TPSA) is 63.5 Å². The van der Waals surface area contributed by atoms with Crippen LogP contribution in [0.3, 0.4) is 0 Å². The van der Waals surface area contributed by atoms with Crippen molar-refractivity contribution in [2.75, 3.05) is 6.54 Å². The van der Waals surface area contributed by atoms with Gasteiger partial charge >= 0.3 is 0 Å². The number of fused-ring (bicyclic) bond motifs is 1. The van der Waals surface area contributed by atoms with Crippen molar-refractivity contribution in [3.05, 3.63) is 65.9 Å². The molecule has 3 aromatic rings. The largest absolute Gasteiger partial charge is 0.489 e. The molecule has 2 heterocycles. The number of amides is 1. The molecule has 27 heavy (non-hydrogen) atoms. The number of benzene rings is 2. The molecule has 1 aliphatic rings. The Morgan fingerprint density at radius 1 is 1.19 bits per heavy atom. The fourth-order valence-electron chi connectivity index (χ4n) is 3.61. The summed E-state index contributed by atoms with van der Waals surface area (Å²) in [6.45, 7) is 3.33. The minimum atomic E-state index is -0.169. The number of hydrogen-bond acceptors (Lipinski definition) is 4. The van der Waals surface area contributed by atoms with Crippen LogP contribution in [0.15, 0.2) is 59.0 Å². The van der Waals surface area contributed by atoms with Crippen molar-refractivity contribution < 1.29 is 13.9 Å². The van der Waals surface area contributed by atoms with E-state index in [0.29, 0.717) is 17.4 Å². The molecule has 0 bridgehead atoms. The highest BCUT2D eigenvalue weighted by molar-refractivity contribution is 5.99. The molecule has 1 saturated heterocycles. The molecular formula is C22H24N2O3. The van der Waals surface area contributed by atoms with Gasteiger partial charge in [-0.1, -0.05) is 36.4 Å². The molecule has 2 unspecified atom stereocenters. The van der Waals surface area contributed by atoms with E-state index in [1.807, 2.05) is 54.6 Å².